The summed E-state index contributed by atoms with van der Waals surface area (Å²) in [6.07, 6.45) is 0. The van der Waals surface area contributed by atoms with Crippen molar-refractivity contribution in [3.8, 4) is 0 Å². The zero-order valence-electron chi connectivity index (χ0n) is 6.07. The van der Waals surface area contributed by atoms with Crippen molar-refractivity contribution in [3.63, 3.8) is 0 Å². The lowest BCUT2D eigenvalue weighted by Gasteiger charge is -1.93. The van der Waals surface area contributed by atoms with E-state index >= 15 is 0 Å². The Morgan fingerprint density at radius 3 is 2.54 bits per heavy atom. The maximum atomic E-state index is 11.8. The highest BCUT2D eigenvalue weighted by Gasteiger charge is 2.20. The van der Waals surface area contributed by atoms with Crippen molar-refractivity contribution in [1.29, 1.82) is 0 Å². The van der Waals surface area contributed by atoms with E-state index in [1.54, 1.807) is 0 Å². The van der Waals surface area contributed by atoms with Gasteiger partial charge in [-0.15, -0.1) is 0 Å². The zero-order chi connectivity index (χ0) is 10.0. The second-order valence-electron chi connectivity index (χ2n) is 1.98. The lowest BCUT2D eigenvalue weighted by atomic mass is 10.5. The molecule has 0 aromatic carbocycles. The van der Waals surface area contributed by atoms with Crippen molar-refractivity contribution in [3.05, 3.63) is 17.9 Å². The number of alkyl halides is 2. The van der Waals surface area contributed by atoms with Gasteiger partial charge in [-0.25, -0.2) is 9.00 Å². The van der Waals surface area contributed by atoms with Gasteiger partial charge in [0.15, 0.2) is 15.9 Å². The van der Waals surface area contributed by atoms with Gasteiger partial charge in [0, 0.05) is 0 Å². The molecule has 1 unspecified atom stereocenters. The van der Waals surface area contributed by atoms with Crippen molar-refractivity contribution in [1.82, 2.24) is 0 Å². The number of carboxylic acid groups (broad SMARTS) is 1. The summed E-state index contributed by atoms with van der Waals surface area (Å²) >= 11 is 0. The Hall–Kier alpha value is -1.24. The van der Waals surface area contributed by atoms with E-state index in [0.29, 0.717) is 0 Å². The molecule has 0 spiro atoms. The summed E-state index contributed by atoms with van der Waals surface area (Å²) in [6.45, 7) is 0. The molecule has 1 N–H and O–H groups in total. The number of halogens is 2. The van der Waals surface area contributed by atoms with Gasteiger partial charge >= 0.3 is 11.7 Å². The van der Waals surface area contributed by atoms with Crippen LogP contribution in [0.3, 0.4) is 0 Å². The van der Waals surface area contributed by atoms with E-state index in [4.69, 9.17) is 5.11 Å². The largest absolute Gasteiger partial charge is 0.475 e. The third-order valence-corrected chi connectivity index (χ3v) is 2.09. The van der Waals surface area contributed by atoms with Gasteiger partial charge in [-0.3, -0.25) is 0 Å². The Morgan fingerprint density at radius 1 is 1.54 bits per heavy atom. The maximum absolute atomic E-state index is 11.8. The molecule has 0 radical (unpaired) electrons. The number of rotatable bonds is 3. The summed E-state index contributed by atoms with van der Waals surface area (Å²) in [6, 6.07) is 1.92. The fourth-order valence-electron chi connectivity index (χ4n) is 0.631. The lowest BCUT2D eigenvalue weighted by Crippen LogP contribution is -2.01. The second-order valence-corrected chi connectivity index (χ2v) is 3.34. The summed E-state index contributed by atoms with van der Waals surface area (Å²) in [4.78, 5) is 10.2. The molecule has 0 aliphatic carbocycles. The SMILES string of the molecule is O=C(O)c1ccc(S(=O)C(F)F)o1. The number of aromatic carboxylic acids is 1. The molecular formula is C6H4F2O4S. The summed E-state index contributed by atoms with van der Waals surface area (Å²) in [7, 11) is -2.59. The van der Waals surface area contributed by atoms with Gasteiger partial charge in [-0.05, 0) is 12.1 Å². The minimum absolute atomic E-state index is 0.510. The molecule has 0 aliphatic heterocycles. The topological polar surface area (TPSA) is 67.5 Å². The van der Waals surface area contributed by atoms with Crippen molar-refractivity contribution in [2.75, 3.05) is 0 Å². The predicted octanol–water partition coefficient (Wildman–Crippen LogP) is 1.31. The maximum Gasteiger partial charge on any atom is 0.371 e. The number of hydrogen-bond acceptors (Lipinski definition) is 3. The van der Waals surface area contributed by atoms with Crippen LogP contribution in [-0.4, -0.2) is 21.0 Å². The van der Waals surface area contributed by atoms with Gasteiger partial charge in [0.1, 0.15) is 0 Å². The molecule has 0 fully saturated rings. The van der Waals surface area contributed by atoms with E-state index in [0.717, 1.165) is 12.1 Å². The highest BCUT2D eigenvalue weighted by atomic mass is 32.2. The molecule has 0 saturated heterocycles. The molecule has 1 atom stereocenters. The van der Waals surface area contributed by atoms with Crippen LogP contribution in [-0.2, 0) is 10.8 Å². The van der Waals surface area contributed by atoms with Gasteiger partial charge < -0.3 is 9.52 Å². The first-order valence-electron chi connectivity index (χ1n) is 3.04. The minimum Gasteiger partial charge on any atom is -0.475 e. The first-order chi connectivity index (χ1) is 6.02. The molecule has 0 amide bonds. The summed E-state index contributed by atoms with van der Waals surface area (Å²) < 4.78 is 38.7. The smallest absolute Gasteiger partial charge is 0.371 e. The van der Waals surface area contributed by atoms with Crippen molar-refractivity contribution in [2.24, 2.45) is 0 Å². The predicted molar refractivity (Wildman–Crippen MR) is 38.1 cm³/mol. The Labute approximate surface area is 73.6 Å². The van der Waals surface area contributed by atoms with E-state index in [1.807, 2.05) is 0 Å². The van der Waals surface area contributed by atoms with Gasteiger partial charge in [0.25, 0.3) is 0 Å². The van der Waals surface area contributed by atoms with E-state index in [2.05, 4.69) is 4.42 Å². The molecule has 0 bridgehead atoms. The molecular weight excluding hydrogens is 206 g/mol. The first-order valence-corrected chi connectivity index (χ1v) is 4.25. The summed E-state index contributed by atoms with van der Waals surface area (Å²) in [5, 5.41) is 7.80. The monoisotopic (exact) mass is 210 g/mol. The molecule has 0 saturated carbocycles. The molecule has 0 aliphatic rings. The molecule has 4 nitrogen and oxygen atoms in total. The quantitative estimate of drug-likeness (QED) is 0.816. The molecule has 72 valence electrons. The molecule has 7 heteroatoms. The van der Waals surface area contributed by atoms with Gasteiger partial charge in [-0.1, -0.05) is 0 Å². The van der Waals surface area contributed by atoms with Crippen molar-refractivity contribution < 1.29 is 27.3 Å². The van der Waals surface area contributed by atoms with Crippen LogP contribution in [0, 0.1) is 0 Å². The Morgan fingerprint density at radius 2 is 2.15 bits per heavy atom. The average Bonchev–Trinajstić information content (AvgIpc) is 2.50. The fourth-order valence-corrected chi connectivity index (χ4v) is 1.18. The zero-order valence-corrected chi connectivity index (χ0v) is 6.88. The average molecular weight is 210 g/mol. The standard InChI is InChI=1S/C6H4F2O4S/c7-6(8)13(11)4-2-1-3(12-4)5(9)10/h1-2,6H,(H,9,10). The molecule has 1 aromatic rings. The van der Waals surface area contributed by atoms with Gasteiger partial charge in [0.05, 0.1) is 0 Å². The Bertz CT molecular complexity index is 346. The van der Waals surface area contributed by atoms with E-state index in [9.17, 15) is 17.8 Å². The van der Waals surface area contributed by atoms with E-state index in [-0.39, 0.29) is 0 Å². The number of hydrogen-bond donors (Lipinski definition) is 1. The van der Waals surface area contributed by atoms with Crippen LogP contribution >= 0.6 is 0 Å². The fraction of sp³-hybridized carbons (Fsp3) is 0.167. The summed E-state index contributed by atoms with van der Waals surface area (Å²) in [5.41, 5.74) is 0. The Kier molecular flexibility index (Phi) is 2.76. The van der Waals surface area contributed by atoms with Crippen LogP contribution in [0.15, 0.2) is 21.6 Å². The minimum atomic E-state index is -3.08. The highest BCUT2D eigenvalue weighted by Crippen LogP contribution is 2.16. The number of carbonyl (C=O) groups is 1. The second kappa shape index (κ2) is 3.65. The normalized spacial score (nSPS) is 13.2. The van der Waals surface area contributed by atoms with E-state index in [1.165, 1.54) is 0 Å². The number of carboxylic acids is 1. The van der Waals surface area contributed by atoms with Crippen molar-refractivity contribution >= 4 is 16.8 Å². The third kappa shape index (κ3) is 2.11. The van der Waals surface area contributed by atoms with Crippen molar-refractivity contribution in [2.45, 2.75) is 10.8 Å². The van der Waals surface area contributed by atoms with Crippen LogP contribution in [0.25, 0.3) is 0 Å². The highest BCUT2D eigenvalue weighted by molar-refractivity contribution is 7.85. The van der Waals surface area contributed by atoms with Crippen LogP contribution in [0.1, 0.15) is 10.6 Å². The van der Waals surface area contributed by atoms with Crippen LogP contribution in [0.2, 0.25) is 0 Å². The molecule has 13 heavy (non-hydrogen) atoms. The molecule has 1 aromatic heterocycles. The lowest BCUT2D eigenvalue weighted by molar-refractivity contribution is 0.0656. The van der Waals surface area contributed by atoms with E-state index < -0.39 is 33.4 Å². The van der Waals surface area contributed by atoms with Crippen LogP contribution < -0.4 is 0 Å². The molecule has 1 rings (SSSR count). The van der Waals surface area contributed by atoms with Gasteiger partial charge in [-0.2, -0.15) is 8.78 Å². The summed E-state index contributed by atoms with van der Waals surface area (Å²) in [5.74, 6) is -4.98. The molecule has 1 heterocycles. The van der Waals surface area contributed by atoms with Crippen LogP contribution in [0.5, 0.6) is 0 Å². The first kappa shape index (κ1) is 9.85. The number of furan rings is 1. The van der Waals surface area contributed by atoms with Crippen LogP contribution in [0.4, 0.5) is 8.78 Å². The van der Waals surface area contributed by atoms with Gasteiger partial charge in [0.2, 0.25) is 5.76 Å². The third-order valence-electron chi connectivity index (χ3n) is 1.15. The Balaban J connectivity index is 2.92.